The van der Waals surface area contributed by atoms with Gasteiger partial charge < -0.3 is 15.2 Å². The average molecular weight is 336 g/mol. The molecule has 7 heteroatoms. The molecule has 1 aromatic rings. The van der Waals surface area contributed by atoms with Crippen LogP contribution in [0, 0.1) is 5.92 Å². The average Bonchev–Trinajstić information content (AvgIpc) is 3.30. The van der Waals surface area contributed by atoms with Gasteiger partial charge in [0.15, 0.2) is 5.82 Å². The van der Waals surface area contributed by atoms with Crippen LogP contribution in [-0.4, -0.2) is 45.0 Å². The van der Waals surface area contributed by atoms with E-state index in [1.165, 1.54) is 0 Å². The van der Waals surface area contributed by atoms with Gasteiger partial charge in [0.2, 0.25) is 5.91 Å². The molecule has 2 aliphatic carbocycles. The maximum absolute atomic E-state index is 12.1. The number of hydrogen-bond acceptors (Lipinski definition) is 5. The molecule has 0 unspecified atom stereocenters. The number of aliphatic hydroxyl groups excluding tert-OH is 1. The Morgan fingerprint density at radius 2 is 2.12 bits per heavy atom. The minimum atomic E-state index is -0.474. The molecule has 0 radical (unpaired) electrons. The van der Waals surface area contributed by atoms with E-state index < -0.39 is 6.10 Å². The maximum atomic E-state index is 12.1. The van der Waals surface area contributed by atoms with Crippen molar-refractivity contribution in [2.45, 2.75) is 76.7 Å². The maximum Gasteiger partial charge on any atom is 0.223 e. The molecule has 1 heterocycles. The highest BCUT2D eigenvalue weighted by atomic mass is 16.5. The van der Waals surface area contributed by atoms with Crippen molar-refractivity contribution in [2.24, 2.45) is 5.92 Å². The minimum absolute atomic E-state index is 0.0881. The third-order valence-corrected chi connectivity index (χ3v) is 4.92. The molecule has 134 valence electrons. The van der Waals surface area contributed by atoms with Crippen LogP contribution in [0.2, 0.25) is 0 Å². The van der Waals surface area contributed by atoms with Crippen molar-refractivity contribution in [3.8, 4) is 0 Å². The van der Waals surface area contributed by atoms with Crippen molar-refractivity contribution in [1.29, 1.82) is 0 Å². The Morgan fingerprint density at radius 1 is 1.38 bits per heavy atom. The first kappa shape index (κ1) is 17.4. The molecule has 0 aliphatic heterocycles. The Hall–Kier alpha value is -1.47. The second-order valence-corrected chi connectivity index (χ2v) is 7.32. The SMILES string of the molecule is COCc1nc([C@H]2CC[C@@H](O)[C@H](NC(=O)C3CC3)C2)n(C(C)C)n1. The molecule has 2 aliphatic rings. The van der Waals surface area contributed by atoms with Gasteiger partial charge in [0.25, 0.3) is 0 Å². The van der Waals surface area contributed by atoms with Gasteiger partial charge in [-0.15, -0.1) is 0 Å². The summed E-state index contributed by atoms with van der Waals surface area (Å²) in [6.45, 7) is 4.56. The summed E-state index contributed by atoms with van der Waals surface area (Å²) >= 11 is 0. The van der Waals surface area contributed by atoms with Crippen LogP contribution in [0.1, 0.15) is 69.6 Å². The van der Waals surface area contributed by atoms with Crippen molar-refractivity contribution in [3.05, 3.63) is 11.6 Å². The normalized spacial score (nSPS) is 27.5. The summed E-state index contributed by atoms with van der Waals surface area (Å²) in [5.74, 6) is 2.06. The van der Waals surface area contributed by atoms with Crippen molar-refractivity contribution < 1.29 is 14.6 Å². The molecule has 24 heavy (non-hydrogen) atoms. The molecule has 1 aromatic heterocycles. The number of amides is 1. The smallest absolute Gasteiger partial charge is 0.223 e. The molecule has 0 spiro atoms. The summed E-state index contributed by atoms with van der Waals surface area (Å²) in [6.07, 6.45) is 3.70. The predicted molar refractivity (Wildman–Crippen MR) is 88.4 cm³/mol. The number of aliphatic hydroxyl groups is 1. The zero-order valence-corrected chi connectivity index (χ0v) is 14.7. The van der Waals surface area contributed by atoms with E-state index in [1.807, 2.05) is 4.68 Å². The Kier molecular flexibility index (Phi) is 5.20. The van der Waals surface area contributed by atoms with Crippen LogP contribution in [0.25, 0.3) is 0 Å². The number of carbonyl (C=O) groups is 1. The third-order valence-electron chi connectivity index (χ3n) is 4.92. The van der Waals surface area contributed by atoms with Gasteiger partial charge in [-0.1, -0.05) is 0 Å². The monoisotopic (exact) mass is 336 g/mol. The standard InChI is InChI=1S/C17H28N4O3/c1-10(2)21-16(19-15(20-21)9-24-3)12-6-7-14(22)13(8-12)18-17(23)11-4-5-11/h10-14,22H,4-9H2,1-3H3,(H,18,23)/t12-,13+,14+/m0/s1. The Balaban J connectivity index is 1.74. The first-order chi connectivity index (χ1) is 11.5. The number of methoxy groups -OCH3 is 1. The molecule has 0 saturated heterocycles. The van der Waals surface area contributed by atoms with Gasteiger partial charge in [-0.05, 0) is 46.0 Å². The zero-order chi connectivity index (χ0) is 17.3. The van der Waals surface area contributed by atoms with E-state index in [9.17, 15) is 9.90 Å². The number of nitrogens with zero attached hydrogens (tertiary/aromatic N) is 3. The second-order valence-electron chi connectivity index (χ2n) is 7.32. The van der Waals surface area contributed by atoms with E-state index in [2.05, 4.69) is 29.2 Å². The number of carbonyl (C=O) groups excluding carboxylic acids is 1. The zero-order valence-electron chi connectivity index (χ0n) is 14.7. The summed E-state index contributed by atoms with van der Waals surface area (Å²) in [6, 6.07) is 0.0181. The Morgan fingerprint density at radius 3 is 2.75 bits per heavy atom. The third kappa shape index (κ3) is 3.78. The van der Waals surface area contributed by atoms with Crippen molar-refractivity contribution in [3.63, 3.8) is 0 Å². The second kappa shape index (κ2) is 7.19. The molecule has 2 saturated carbocycles. The van der Waals surface area contributed by atoms with Gasteiger partial charge in [-0.3, -0.25) is 4.79 Å². The summed E-state index contributed by atoms with van der Waals surface area (Å²) in [4.78, 5) is 16.7. The van der Waals surface area contributed by atoms with E-state index in [1.54, 1.807) is 7.11 Å². The van der Waals surface area contributed by atoms with Gasteiger partial charge in [0.05, 0.1) is 12.1 Å². The molecule has 0 aromatic carbocycles. The summed E-state index contributed by atoms with van der Waals surface area (Å²) in [5.41, 5.74) is 0. The molecular formula is C17H28N4O3. The van der Waals surface area contributed by atoms with Gasteiger partial charge in [-0.25, -0.2) is 9.67 Å². The fourth-order valence-corrected chi connectivity index (χ4v) is 3.42. The lowest BCUT2D eigenvalue weighted by Gasteiger charge is -2.33. The van der Waals surface area contributed by atoms with E-state index in [4.69, 9.17) is 4.74 Å². The van der Waals surface area contributed by atoms with Crippen molar-refractivity contribution in [2.75, 3.05) is 7.11 Å². The van der Waals surface area contributed by atoms with Crippen LogP contribution in [-0.2, 0) is 16.1 Å². The molecule has 3 atom stereocenters. The van der Waals surface area contributed by atoms with Gasteiger partial charge in [-0.2, -0.15) is 5.10 Å². The van der Waals surface area contributed by atoms with E-state index in [-0.39, 0.29) is 29.8 Å². The lowest BCUT2D eigenvalue weighted by molar-refractivity contribution is -0.124. The molecule has 0 bridgehead atoms. The number of nitrogens with one attached hydrogen (secondary N) is 1. The largest absolute Gasteiger partial charge is 0.391 e. The highest BCUT2D eigenvalue weighted by Gasteiger charge is 2.37. The van der Waals surface area contributed by atoms with Crippen LogP contribution in [0.15, 0.2) is 0 Å². The predicted octanol–water partition coefficient (Wildman–Crippen LogP) is 1.53. The quantitative estimate of drug-likeness (QED) is 0.822. The van der Waals surface area contributed by atoms with Crippen molar-refractivity contribution >= 4 is 5.91 Å². The van der Waals surface area contributed by atoms with Gasteiger partial charge in [0, 0.05) is 25.0 Å². The Bertz CT molecular complexity index is 582. The summed E-state index contributed by atoms with van der Waals surface area (Å²) in [7, 11) is 1.64. The highest BCUT2D eigenvalue weighted by Crippen LogP contribution is 2.35. The summed E-state index contributed by atoms with van der Waals surface area (Å²) < 4.78 is 7.11. The van der Waals surface area contributed by atoms with Crippen LogP contribution >= 0.6 is 0 Å². The Labute approximate surface area is 142 Å². The minimum Gasteiger partial charge on any atom is -0.391 e. The molecular weight excluding hydrogens is 308 g/mol. The van der Waals surface area contributed by atoms with Gasteiger partial charge in [0.1, 0.15) is 12.4 Å². The molecule has 1 amide bonds. The first-order valence-corrected chi connectivity index (χ1v) is 8.92. The lowest BCUT2D eigenvalue weighted by Crippen LogP contribution is -2.47. The number of rotatable bonds is 6. The van der Waals surface area contributed by atoms with E-state index in [0.717, 1.165) is 25.1 Å². The van der Waals surface area contributed by atoms with E-state index in [0.29, 0.717) is 25.3 Å². The van der Waals surface area contributed by atoms with Crippen LogP contribution in [0.3, 0.4) is 0 Å². The fourth-order valence-electron chi connectivity index (χ4n) is 3.42. The lowest BCUT2D eigenvalue weighted by atomic mass is 9.83. The fraction of sp³-hybridized carbons (Fsp3) is 0.824. The topological polar surface area (TPSA) is 89.3 Å². The number of ether oxygens (including phenoxy) is 1. The molecule has 2 N–H and O–H groups in total. The van der Waals surface area contributed by atoms with E-state index >= 15 is 0 Å². The highest BCUT2D eigenvalue weighted by molar-refractivity contribution is 5.81. The number of hydrogen-bond donors (Lipinski definition) is 2. The van der Waals surface area contributed by atoms with Crippen LogP contribution in [0.5, 0.6) is 0 Å². The number of aromatic nitrogens is 3. The van der Waals surface area contributed by atoms with Crippen LogP contribution < -0.4 is 5.32 Å². The molecule has 3 rings (SSSR count). The van der Waals surface area contributed by atoms with Crippen molar-refractivity contribution in [1.82, 2.24) is 20.1 Å². The summed E-state index contributed by atoms with van der Waals surface area (Å²) in [5, 5.41) is 17.9. The molecule has 7 nitrogen and oxygen atoms in total. The first-order valence-electron chi connectivity index (χ1n) is 8.92. The molecule has 2 fully saturated rings. The van der Waals surface area contributed by atoms with Gasteiger partial charge >= 0.3 is 0 Å². The van der Waals surface area contributed by atoms with Crippen LogP contribution in [0.4, 0.5) is 0 Å².